The molecule has 0 saturated heterocycles. The molecule has 0 radical (unpaired) electrons. The van der Waals surface area contributed by atoms with Crippen LogP contribution in [0.5, 0.6) is 5.75 Å². The van der Waals surface area contributed by atoms with Gasteiger partial charge in [-0.25, -0.2) is 4.39 Å². The van der Waals surface area contributed by atoms with Crippen molar-refractivity contribution in [3.63, 3.8) is 0 Å². The lowest BCUT2D eigenvalue weighted by Crippen LogP contribution is -2.13. The first-order chi connectivity index (χ1) is 9.49. The number of rotatable bonds is 4. The van der Waals surface area contributed by atoms with E-state index in [1.165, 1.54) is 12.1 Å². The van der Waals surface area contributed by atoms with Crippen LogP contribution in [0.15, 0.2) is 36.4 Å². The van der Waals surface area contributed by atoms with E-state index in [0.29, 0.717) is 21.9 Å². The number of nitrogens with one attached hydrogen (secondary N) is 1. The average molecular weight is 313 g/mol. The first-order valence-corrected chi connectivity index (χ1v) is 6.44. The predicted molar refractivity (Wildman–Crippen MR) is 78.2 cm³/mol. The summed E-state index contributed by atoms with van der Waals surface area (Å²) in [6, 6.07) is 9.30. The Morgan fingerprint density at radius 2 is 1.95 bits per heavy atom. The number of ether oxygens (including phenoxy) is 1. The third-order valence-electron chi connectivity index (χ3n) is 2.62. The highest BCUT2D eigenvalue weighted by Gasteiger charge is 2.11. The lowest BCUT2D eigenvalue weighted by molar-refractivity contribution is 0.305. The smallest absolute Gasteiger partial charge is 0.141 e. The van der Waals surface area contributed by atoms with Crippen LogP contribution < -0.4 is 10.5 Å². The molecule has 20 heavy (non-hydrogen) atoms. The third-order valence-corrected chi connectivity index (χ3v) is 3.23. The quantitative estimate of drug-likeness (QED) is 0.662. The van der Waals surface area contributed by atoms with Crippen LogP contribution in [-0.4, -0.2) is 5.84 Å². The van der Waals surface area contributed by atoms with Gasteiger partial charge in [-0.2, -0.15) is 0 Å². The molecule has 2 aromatic carbocycles. The highest BCUT2D eigenvalue weighted by Crippen LogP contribution is 2.27. The normalized spacial score (nSPS) is 10.3. The Bertz CT molecular complexity index is 662. The van der Waals surface area contributed by atoms with Crippen molar-refractivity contribution in [2.24, 2.45) is 5.73 Å². The molecule has 0 heterocycles. The monoisotopic (exact) mass is 312 g/mol. The third kappa shape index (κ3) is 3.21. The van der Waals surface area contributed by atoms with E-state index < -0.39 is 5.82 Å². The molecule has 104 valence electrons. The maximum atomic E-state index is 13.0. The van der Waals surface area contributed by atoms with Gasteiger partial charge in [-0.1, -0.05) is 35.3 Å². The minimum atomic E-state index is -0.484. The molecular formula is C14H11Cl2FN2O. The topological polar surface area (TPSA) is 59.1 Å². The molecule has 0 aliphatic rings. The molecule has 0 fully saturated rings. The Kier molecular flexibility index (Phi) is 4.47. The first-order valence-electron chi connectivity index (χ1n) is 5.68. The summed E-state index contributed by atoms with van der Waals surface area (Å²) in [6.45, 7) is 0.167. The van der Waals surface area contributed by atoms with Crippen LogP contribution in [0.3, 0.4) is 0 Å². The summed E-state index contributed by atoms with van der Waals surface area (Å²) in [6.07, 6.45) is 0. The lowest BCUT2D eigenvalue weighted by Gasteiger charge is -2.12. The van der Waals surface area contributed by atoms with E-state index in [9.17, 15) is 4.39 Å². The number of hydrogen-bond donors (Lipinski definition) is 2. The fourth-order valence-electron chi connectivity index (χ4n) is 1.68. The van der Waals surface area contributed by atoms with Gasteiger partial charge in [-0.05, 0) is 29.8 Å². The Labute approximate surface area is 125 Å². The molecule has 0 amide bonds. The van der Waals surface area contributed by atoms with Gasteiger partial charge in [0, 0.05) is 0 Å². The summed E-state index contributed by atoms with van der Waals surface area (Å²) in [5, 5.41) is 7.88. The molecule has 0 aromatic heterocycles. The van der Waals surface area contributed by atoms with Gasteiger partial charge in [0.1, 0.15) is 24.0 Å². The van der Waals surface area contributed by atoms with Crippen molar-refractivity contribution in [3.8, 4) is 5.75 Å². The first kappa shape index (κ1) is 14.6. The largest absolute Gasteiger partial charge is 0.488 e. The second kappa shape index (κ2) is 6.11. The van der Waals surface area contributed by atoms with Gasteiger partial charge >= 0.3 is 0 Å². The molecule has 0 atom stereocenters. The lowest BCUT2D eigenvalue weighted by atomic mass is 10.2. The molecule has 3 N–H and O–H groups in total. The summed E-state index contributed by atoms with van der Waals surface area (Å²) >= 11 is 11.7. The van der Waals surface area contributed by atoms with Crippen molar-refractivity contribution in [2.45, 2.75) is 6.61 Å². The van der Waals surface area contributed by atoms with E-state index >= 15 is 0 Å². The molecule has 2 aromatic rings. The average Bonchev–Trinajstić information content (AvgIpc) is 2.39. The second-order valence-corrected chi connectivity index (χ2v) is 4.88. The van der Waals surface area contributed by atoms with E-state index in [-0.39, 0.29) is 17.5 Å². The fourth-order valence-corrected chi connectivity index (χ4v) is 2.15. The summed E-state index contributed by atoms with van der Waals surface area (Å²) in [7, 11) is 0. The Hall–Kier alpha value is -1.78. The van der Waals surface area contributed by atoms with Gasteiger partial charge < -0.3 is 10.5 Å². The number of benzene rings is 2. The molecule has 3 nitrogen and oxygen atoms in total. The van der Waals surface area contributed by atoms with E-state index in [0.717, 1.165) is 0 Å². The number of amidine groups is 1. The van der Waals surface area contributed by atoms with Crippen LogP contribution in [0.25, 0.3) is 0 Å². The highest BCUT2D eigenvalue weighted by atomic mass is 35.5. The van der Waals surface area contributed by atoms with Crippen LogP contribution in [0, 0.1) is 11.2 Å². The van der Waals surface area contributed by atoms with Gasteiger partial charge in [-0.3, -0.25) is 5.41 Å². The van der Waals surface area contributed by atoms with Crippen LogP contribution in [-0.2, 0) is 6.61 Å². The number of hydrogen-bond acceptors (Lipinski definition) is 2. The van der Waals surface area contributed by atoms with E-state index in [2.05, 4.69) is 0 Å². The molecule has 0 spiro atoms. The Morgan fingerprint density at radius 3 is 2.60 bits per heavy atom. The standard InChI is InChI=1S/C14H11Cl2FN2O/c15-9-2-1-3-12(13(9)14(18)19)20-7-8-4-5-11(17)10(16)6-8/h1-6H,7H2,(H3,18,19). The highest BCUT2D eigenvalue weighted by molar-refractivity contribution is 6.34. The van der Waals surface area contributed by atoms with Crippen molar-refractivity contribution < 1.29 is 9.13 Å². The predicted octanol–water partition coefficient (Wildman–Crippen LogP) is 4.00. The molecule has 0 aliphatic heterocycles. The molecule has 0 aliphatic carbocycles. The second-order valence-electron chi connectivity index (χ2n) is 4.06. The number of nitrogens with two attached hydrogens (primary N) is 1. The van der Waals surface area contributed by atoms with Crippen molar-refractivity contribution in [1.29, 1.82) is 5.41 Å². The van der Waals surface area contributed by atoms with Crippen molar-refractivity contribution in [3.05, 3.63) is 63.4 Å². The van der Waals surface area contributed by atoms with Crippen LogP contribution in [0.4, 0.5) is 4.39 Å². The van der Waals surface area contributed by atoms with Gasteiger partial charge in [-0.15, -0.1) is 0 Å². The van der Waals surface area contributed by atoms with Gasteiger partial charge in [0.05, 0.1) is 15.6 Å². The maximum absolute atomic E-state index is 13.0. The maximum Gasteiger partial charge on any atom is 0.141 e. The summed E-state index contributed by atoms with van der Waals surface area (Å²) in [4.78, 5) is 0. The van der Waals surface area contributed by atoms with Gasteiger partial charge in [0.15, 0.2) is 0 Å². The van der Waals surface area contributed by atoms with Crippen molar-refractivity contribution >= 4 is 29.0 Å². The van der Waals surface area contributed by atoms with Crippen LogP contribution in [0.2, 0.25) is 10.0 Å². The molecule has 0 bridgehead atoms. The van der Waals surface area contributed by atoms with E-state index in [4.69, 9.17) is 39.1 Å². The Morgan fingerprint density at radius 1 is 1.20 bits per heavy atom. The van der Waals surface area contributed by atoms with Crippen molar-refractivity contribution in [1.82, 2.24) is 0 Å². The van der Waals surface area contributed by atoms with Crippen LogP contribution in [0.1, 0.15) is 11.1 Å². The number of nitrogen functional groups attached to an aromatic ring is 1. The van der Waals surface area contributed by atoms with Gasteiger partial charge in [0.2, 0.25) is 0 Å². The minimum Gasteiger partial charge on any atom is -0.488 e. The summed E-state index contributed by atoms with van der Waals surface area (Å²) in [5.41, 5.74) is 6.51. The minimum absolute atomic E-state index is 0.0315. The SMILES string of the molecule is N=C(N)c1c(Cl)cccc1OCc1ccc(F)c(Cl)c1. The molecular weight excluding hydrogens is 302 g/mol. The van der Waals surface area contributed by atoms with E-state index in [1.54, 1.807) is 24.3 Å². The van der Waals surface area contributed by atoms with Crippen LogP contribution >= 0.6 is 23.2 Å². The molecule has 6 heteroatoms. The Balaban J connectivity index is 2.21. The summed E-state index contributed by atoms with van der Waals surface area (Å²) < 4.78 is 18.6. The number of halogens is 3. The fraction of sp³-hybridized carbons (Fsp3) is 0.0714. The zero-order chi connectivity index (χ0) is 14.7. The van der Waals surface area contributed by atoms with E-state index in [1.807, 2.05) is 0 Å². The summed E-state index contributed by atoms with van der Waals surface area (Å²) in [5.74, 6) is -0.268. The molecule has 0 saturated carbocycles. The molecule has 2 rings (SSSR count). The zero-order valence-electron chi connectivity index (χ0n) is 10.3. The van der Waals surface area contributed by atoms with Gasteiger partial charge in [0.25, 0.3) is 0 Å². The van der Waals surface area contributed by atoms with Crippen molar-refractivity contribution in [2.75, 3.05) is 0 Å². The molecule has 0 unspecified atom stereocenters. The zero-order valence-corrected chi connectivity index (χ0v) is 11.8.